The minimum atomic E-state index is -0.551. The molecular weight excluding hydrogens is 468 g/mol. The van der Waals surface area contributed by atoms with Gasteiger partial charge in [0.25, 0.3) is 5.91 Å². The quantitative estimate of drug-likeness (QED) is 0.469. The number of benzene rings is 2. The zero-order chi connectivity index (χ0) is 23.7. The van der Waals surface area contributed by atoms with Gasteiger partial charge < -0.3 is 15.0 Å². The fourth-order valence-corrected chi connectivity index (χ4v) is 3.87. The maximum absolute atomic E-state index is 13.2. The summed E-state index contributed by atoms with van der Waals surface area (Å²) in [5.41, 5.74) is 2.16. The summed E-state index contributed by atoms with van der Waals surface area (Å²) in [6, 6.07) is 15.1. The van der Waals surface area contributed by atoms with Crippen LogP contribution in [0.5, 0.6) is 5.75 Å². The average Bonchev–Trinajstić information content (AvgIpc) is 2.76. The smallest absolute Gasteiger partial charge is 0.261 e. The van der Waals surface area contributed by atoms with Crippen LogP contribution in [0, 0.1) is 0 Å². The lowest BCUT2D eigenvalue weighted by Crippen LogP contribution is -2.50. The van der Waals surface area contributed by atoms with E-state index < -0.39 is 6.04 Å². The van der Waals surface area contributed by atoms with Crippen molar-refractivity contribution in [1.29, 1.82) is 0 Å². The van der Waals surface area contributed by atoms with Gasteiger partial charge in [-0.15, -0.1) is 0 Å². The molecule has 0 aliphatic carbocycles. The summed E-state index contributed by atoms with van der Waals surface area (Å²) in [7, 11) is 0. The van der Waals surface area contributed by atoms with Crippen molar-refractivity contribution in [2.45, 2.75) is 65.5 Å². The molecule has 0 saturated heterocycles. The maximum Gasteiger partial charge on any atom is 0.261 e. The Balaban J connectivity index is 2.19. The highest BCUT2D eigenvalue weighted by atomic mass is 79.9. The third-order valence-electron chi connectivity index (χ3n) is 5.28. The minimum absolute atomic E-state index is 0.0174. The van der Waals surface area contributed by atoms with Gasteiger partial charge in [-0.25, -0.2) is 0 Å². The molecule has 0 radical (unpaired) electrons. The monoisotopic (exact) mass is 502 g/mol. The van der Waals surface area contributed by atoms with E-state index in [0.29, 0.717) is 25.3 Å². The Morgan fingerprint density at radius 1 is 1.09 bits per heavy atom. The van der Waals surface area contributed by atoms with Crippen LogP contribution >= 0.6 is 15.9 Å². The molecule has 1 N–H and O–H groups in total. The van der Waals surface area contributed by atoms with Gasteiger partial charge in [-0.2, -0.15) is 0 Å². The van der Waals surface area contributed by atoms with Gasteiger partial charge in [-0.3, -0.25) is 9.59 Å². The molecule has 0 heterocycles. The van der Waals surface area contributed by atoms with E-state index in [9.17, 15) is 9.59 Å². The topological polar surface area (TPSA) is 58.6 Å². The van der Waals surface area contributed by atoms with Crippen molar-refractivity contribution in [3.63, 3.8) is 0 Å². The Hall–Kier alpha value is -2.34. The number of ether oxygens (including phenoxy) is 1. The Morgan fingerprint density at radius 2 is 1.78 bits per heavy atom. The zero-order valence-electron chi connectivity index (χ0n) is 19.8. The molecular formula is C26H35BrN2O3. The number of nitrogens with one attached hydrogen (secondary N) is 1. The fourth-order valence-electron chi connectivity index (χ4n) is 3.37. The van der Waals surface area contributed by atoms with E-state index in [1.165, 1.54) is 5.56 Å². The first-order chi connectivity index (χ1) is 15.2. The number of halogens is 1. The van der Waals surface area contributed by atoms with E-state index in [4.69, 9.17) is 4.74 Å². The van der Waals surface area contributed by atoms with Gasteiger partial charge >= 0.3 is 0 Å². The molecule has 32 heavy (non-hydrogen) atoms. The molecule has 2 aromatic carbocycles. The van der Waals surface area contributed by atoms with Gasteiger partial charge in [0.15, 0.2) is 6.61 Å². The summed E-state index contributed by atoms with van der Waals surface area (Å²) in [5, 5.41) is 2.93. The van der Waals surface area contributed by atoms with Crippen molar-refractivity contribution in [1.82, 2.24) is 10.2 Å². The highest BCUT2D eigenvalue weighted by molar-refractivity contribution is 9.10. The van der Waals surface area contributed by atoms with E-state index in [0.717, 1.165) is 16.5 Å². The molecule has 0 aliphatic rings. The summed E-state index contributed by atoms with van der Waals surface area (Å²) < 4.78 is 6.68. The highest BCUT2D eigenvalue weighted by Gasteiger charge is 2.29. The molecule has 5 nitrogen and oxygen atoms in total. The Kier molecular flexibility index (Phi) is 9.76. The van der Waals surface area contributed by atoms with Gasteiger partial charge in [0, 0.05) is 13.1 Å². The molecule has 174 valence electrons. The normalized spacial score (nSPS) is 12.2. The second-order valence-electron chi connectivity index (χ2n) is 8.91. The number of hydrogen-bond acceptors (Lipinski definition) is 3. The molecule has 0 bridgehead atoms. The van der Waals surface area contributed by atoms with E-state index in [2.05, 4.69) is 42.0 Å². The van der Waals surface area contributed by atoms with E-state index in [1.54, 1.807) is 4.90 Å². The lowest BCUT2D eigenvalue weighted by atomic mass is 9.87. The summed E-state index contributed by atoms with van der Waals surface area (Å²) in [5.74, 6) is 0.253. The molecule has 1 atom stereocenters. The molecule has 0 aliphatic heterocycles. The van der Waals surface area contributed by atoms with Crippen LogP contribution in [0.2, 0.25) is 0 Å². The molecule has 0 aromatic heterocycles. The second-order valence-corrected chi connectivity index (χ2v) is 9.76. The van der Waals surface area contributed by atoms with Crippen molar-refractivity contribution >= 4 is 27.7 Å². The third kappa shape index (κ3) is 7.37. The largest absolute Gasteiger partial charge is 0.483 e. The van der Waals surface area contributed by atoms with Crippen LogP contribution in [0.4, 0.5) is 0 Å². The van der Waals surface area contributed by atoms with Gasteiger partial charge in [0.2, 0.25) is 5.91 Å². The SMILES string of the molecule is CCCNC(=O)[C@@H](CC)N(Cc1ccccc1)C(=O)COc1ccc(C(C)(C)C)cc1Br. The second kappa shape index (κ2) is 12.0. The van der Waals surface area contributed by atoms with Crippen molar-refractivity contribution in [2.24, 2.45) is 0 Å². The Labute approximate surface area is 200 Å². The van der Waals surface area contributed by atoms with Gasteiger partial charge in [0.05, 0.1) is 4.47 Å². The standard InChI is InChI=1S/C26H35BrN2O3/c1-6-15-28-25(31)22(7-2)29(17-19-11-9-8-10-12-19)24(30)18-32-23-14-13-20(16-21(23)27)26(3,4)5/h8-14,16,22H,6-7,15,17-18H2,1-5H3,(H,28,31)/t22-/m1/s1. The van der Waals surface area contributed by atoms with Crippen LogP contribution in [0.25, 0.3) is 0 Å². The summed E-state index contributed by atoms with van der Waals surface area (Å²) in [6.45, 7) is 11.2. The maximum atomic E-state index is 13.2. The van der Waals surface area contributed by atoms with Gasteiger partial charge in [-0.1, -0.05) is 71.0 Å². The number of hydrogen-bond donors (Lipinski definition) is 1. The summed E-state index contributed by atoms with van der Waals surface area (Å²) in [4.78, 5) is 27.6. The molecule has 2 rings (SSSR count). The predicted octanol–water partition coefficient (Wildman–Crippen LogP) is 5.46. The molecule has 0 saturated carbocycles. The highest BCUT2D eigenvalue weighted by Crippen LogP contribution is 2.31. The third-order valence-corrected chi connectivity index (χ3v) is 5.90. The van der Waals surface area contributed by atoms with Gasteiger partial charge in [0.1, 0.15) is 11.8 Å². The molecule has 2 aromatic rings. The van der Waals surface area contributed by atoms with Crippen LogP contribution in [-0.2, 0) is 21.5 Å². The van der Waals surface area contributed by atoms with Crippen LogP contribution < -0.4 is 10.1 Å². The van der Waals surface area contributed by atoms with Gasteiger partial charge in [-0.05, 0) is 57.4 Å². The first-order valence-corrected chi connectivity index (χ1v) is 12.0. The van der Waals surface area contributed by atoms with Crippen molar-refractivity contribution in [3.05, 3.63) is 64.1 Å². The first kappa shape index (κ1) is 25.9. The minimum Gasteiger partial charge on any atom is -0.483 e. The number of rotatable bonds is 10. The van der Waals surface area contributed by atoms with Crippen LogP contribution in [0.3, 0.4) is 0 Å². The van der Waals surface area contributed by atoms with Crippen LogP contribution in [-0.4, -0.2) is 35.9 Å². The predicted molar refractivity (Wildman–Crippen MR) is 133 cm³/mol. The lowest BCUT2D eigenvalue weighted by Gasteiger charge is -2.30. The fraction of sp³-hybridized carbons (Fsp3) is 0.462. The van der Waals surface area contributed by atoms with E-state index >= 15 is 0 Å². The number of nitrogens with zero attached hydrogens (tertiary/aromatic N) is 1. The lowest BCUT2D eigenvalue weighted by molar-refractivity contribution is -0.143. The first-order valence-electron chi connectivity index (χ1n) is 11.2. The van der Waals surface area contributed by atoms with E-state index in [1.807, 2.05) is 62.4 Å². The molecule has 2 amide bonds. The molecule has 0 unspecified atom stereocenters. The number of carbonyl (C=O) groups is 2. The van der Waals surface area contributed by atoms with Crippen molar-refractivity contribution in [2.75, 3.05) is 13.2 Å². The van der Waals surface area contributed by atoms with Crippen LogP contribution in [0.1, 0.15) is 58.6 Å². The van der Waals surface area contributed by atoms with Crippen molar-refractivity contribution in [3.8, 4) is 5.75 Å². The number of amides is 2. The Bertz CT molecular complexity index is 894. The molecule has 0 spiro atoms. The Morgan fingerprint density at radius 3 is 2.34 bits per heavy atom. The van der Waals surface area contributed by atoms with E-state index in [-0.39, 0.29) is 23.8 Å². The van der Waals surface area contributed by atoms with Crippen molar-refractivity contribution < 1.29 is 14.3 Å². The summed E-state index contributed by atoms with van der Waals surface area (Å²) >= 11 is 3.56. The molecule has 6 heteroatoms. The number of carbonyl (C=O) groups excluding carboxylic acids is 2. The average molecular weight is 503 g/mol. The summed E-state index contributed by atoms with van der Waals surface area (Å²) in [6.07, 6.45) is 1.37. The zero-order valence-corrected chi connectivity index (χ0v) is 21.4. The van der Waals surface area contributed by atoms with Crippen LogP contribution in [0.15, 0.2) is 53.0 Å². The molecule has 0 fully saturated rings.